The number of amides is 2. The number of benzene rings is 1. The minimum absolute atomic E-state index is 0.0471. The quantitative estimate of drug-likeness (QED) is 0.727. The Kier molecular flexibility index (Phi) is 6.34. The number of piperidine rings is 1. The van der Waals surface area contributed by atoms with Gasteiger partial charge in [0.05, 0.1) is 11.8 Å². The molecule has 0 radical (unpaired) electrons. The second-order valence-corrected chi connectivity index (χ2v) is 7.42. The van der Waals surface area contributed by atoms with Crippen LogP contribution in [0.2, 0.25) is 0 Å². The average molecular weight is 375 g/mol. The molecule has 1 fully saturated rings. The highest BCUT2D eigenvalue weighted by molar-refractivity contribution is 6.03. The lowest BCUT2D eigenvalue weighted by Crippen LogP contribution is -2.51. The van der Waals surface area contributed by atoms with E-state index in [1.807, 2.05) is 25.1 Å². The predicted molar refractivity (Wildman–Crippen MR) is 103 cm³/mol. The number of aryl methyl sites for hydroxylation is 1. The topological polar surface area (TPSA) is 82.1 Å². The standard InChI is InChI=1S/C20H29N3O4/c1-14-4-5-18-17(12-14)23(19(25)13-27-18)15(2)20(26)21-8-3-9-22-10-6-16(24)7-11-22/h4-5,12,15-16,24H,3,6-11,13H2,1-2H3,(H,21,26). The minimum Gasteiger partial charge on any atom is -0.482 e. The van der Waals surface area contributed by atoms with Crippen LogP contribution in [-0.4, -0.2) is 66.8 Å². The van der Waals surface area contributed by atoms with E-state index in [2.05, 4.69) is 10.2 Å². The van der Waals surface area contributed by atoms with Crippen molar-refractivity contribution in [1.82, 2.24) is 10.2 Å². The number of hydrogen-bond donors (Lipinski definition) is 2. The molecule has 0 aromatic heterocycles. The summed E-state index contributed by atoms with van der Waals surface area (Å²) in [6.45, 7) is 6.93. The van der Waals surface area contributed by atoms with Crippen molar-refractivity contribution in [3.8, 4) is 5.75 Å². The zero-order chi connectivity index (χ0) is 19.4. The predicted octanol–water partition coefficient (Wildman–Crippen LogP) is 1.07. The third-order valence-electron chi connectivity index (χ3n) is 5.27. The van der Waals surface area contributed by atoms with Crippen LogP contribution in [0, 0.1) is 6.92 Å². The molecule has 1 aromatic carbocycles. The Morgan fingerprint density at radius 1 is 1.37 bits per heavy atom. The average Bonchev–Trinajstić information content (AvgIpc) is 2.65. The van der Waals surface area contributed by atoms with Crippen LogP contribution in [-0.2, 0) is 9.59 Å². The van der Waals surface area contributed by atoms with E-state index >= 15 is 0 Å². The summed E-state index contributed by atoms with van der Waals surface area (Å²) in [6, 6.07) is 5.05. The highest BCUT2D eigenvalue weighted by Crippen LogP contribution is 2.34. The van der Waals surface area contributed by atoms with Crippen molar-refractivity contribution >= 4 is 17.5 Å². The molecule has 1 saturated heterocycles. The van der Waals surface area contributed by atoms with Gasteiger partial charge in [0, 0.05) is 19.6 Å². The van der Waals surface area contributed by atoms with E-state index in [9.17, 15) is 14.7 Å². The van der Waals surface area contributed by atoms with Gasteiger partial charge in [0.1, 0.15) is 11.8 Å². The van der Waals surface area contributed by atoms with E-state index in [0.29, 0.717) is 18.0 Å². The van der Waals surface area contributed by atoms with Crippen LogP contribution >= 0.6 is 0 Å². The Labute approximate surface area is 160 Å². The van der Waals surface area contributed by atoms with Gasteiger partial charge in [-0.15, -0.1) is 0 Å². The maximum Gasteiger partial charge on any atom is 0.265 e. The van der Waals surface area contributed by atoms with Gasteiger partial charge in [-0.3, -0.25) is 14.5 Å². The van der Waals surface area contributed by atoms with Gasteiger partial charge in [0.25, 0.3) is 5.91 Å². The Morgan fingerprint density at radius 2 is 2.11 bits per heavy atom. The van der Waals surface area contributed by atoms with Gasteiger partial charge in [0.15, 0.2) is 6.61 Å². The largest absolute Gasteiger partial charge is 0.482 e. The molecule has 1 aromatic rings. The highest BCUT2D eigenvalue weighted by Gasteiger charge is 2.33. The molecule has 2 amide bonds. The number of carbonyl (C=O) groups is 2. The lowest BCUT2D eigenvalue weighted by Gasteiger charge is -2.33. The number of anilines is 1. The van der Waals surface area contributed by atoms with Crippen LogP contribution < -0.4 is 15.0 Å². The first-order valence-electron chi connectivity index (χ1n) is 9.69. The number of fused-ring (bicyclic) bond motifs is 1. The summed E-state index contributed by atoms with van der Waals surface area (Å²) in [5, 5.41) is 12.5. The maximum atomic E-state index is 12.6. The van der Waals surface area contributed by atoms with E-state index < -0.39 is 6.04 Å². The fourth-order valence-electron chi connectivity index (χ4n) is 3.63. The SMILES string of the molecule is Cc1ccc2c(c1)N(C(C)C(=O)NCCCN1CCC(O)CC1)C(=O)CO2. The first kappa shape index (κ1) is 19.6. The fourth-order valence-corrected chi connectivity index (χ4v) is 3.63. The number of likely N-dealkylation sites (tertiary alicyclic amines) is 1. The first-order chi connectivity index (χ1) is 13.0. The summed E-state index contributed by atoms with van der Waals surface area (Å²) in [4.78, 5) is 28.8. The number of aliphatic hydroxyl groups excluding tert-OH is 1. The second-order valence-electron chi connectivity index (χ2n) is 7.42. The summed E-state index contributed by atoms with van der Waals surface area (Å²) in [7, 11) is 0. The third-order valence-corrected chi connectivity index (χ3v) is 5.27. The van der Waals surface area contributed by atoms with Gasteiger partial charge in [-0.1, -0.05) is 6.07 Å². The van der Waals surface area contributed by atoms with Crippen LogP contribution in [0.3, 0.4) is 0 Å². The number of ether oxygens (including phenoxy) is 1. The molecule has 0 aliphatic carbocycles. The molecule has 7 nitrogen and oxygen atoms in total. The van der Waals surface area contributed by atoms with Crippen molar-refractivity contribution in [2.45, 2.75) is 45.3 Å². The number of carbonyl (C=O) groups excluding carboxylic acids is 2. The summed E-state index contributed by atoms with van der Waals surface area (Å²) in [5.41, 5.74) is 1.66. The minimum atomic E-state index is -0.591. The first-order valence-corrected chi connectivity index (χ1v) is 9.69. The Balaban J connectivity index is 1.51. The van der Waals surface area contributed by atoms with Gasteiger partial charge in [-0.2, -0.15) is 0 Å². The number of nitrogens with one attached hydrogen (secondary N) is 1. The summed E-state index contributed by atoms with van der Waals surface area (Å²) in [6.07, 6.45) is 2.32. The molecule has 27 heavy (non-hydrogen) atoms. The zero-order valence-corrected chi connectivity index (χ0v) is 16.1. The molecule has 7 heteroatoms. The molecular weight excluding hydrogens is 346 g/mol. The molecule has 148 valence electrons. The second kappa shape index (κ2) is 8.71. The zero-order valence-electron chi connectivity index (χ0n) is 16.1. The lowest BCUT2D eigenvalue weighted by atomic mass is 10.1. The van der Waals surface area contributed by atoms with Crippen LogP contribution in [0.1, 0.15) is 31.7 Å². The summed E-state index contributed by atoms with van der Waals surface area (Å²) < 4.78 is 5.48. The Bertz CT molecular complexity index is 686. The molecule has 0 saturated carbocycles. The number of rotatable bonds is 6. The highest BCUT2D eigenvalue weighted by atomic mass is 16.5. The number of nitrogens with zero attached hydrogens (tertiary/aromatic N) is 2. The lowest BCUT2D eigenvalue weighted by molar-refractivity contribution is -0.127. The van der Waals surface area contributed by atoms with Gasteiger partial charge in [-0.05, 0) is 57.4 Å². The molecule has 2 heterocycles. The van der Waals surface area contributed by atoms with Gasteiger partial charge < -0.3 is 20.1 Å². The molecule has 2 aliphatic heterocycles. The molecular formula is C20H29N3O4. The molecule has 0 bridgehead atoms. The Hall–Kier alpha value is -2.12. The van der Waals surface area contributed by atoms with Crippen LogP contribution in [0.5, 0.6) is 5.75 Å². The van der Waals surface area contributed by atoms with Crippen molar-refractivity contribution in [1.29, 1.82) is 0 Å². The molecule has 2 aliphatic rings. The number of hydrogen-bond acceptors (Lipinski definition) is 5. The van der Waals surface area contributed by atoms with E-state index in [0.717, 1.165) is 44.5 Å². The summed E-state index contributed by atoms with van der Waals surface area (Å²) >= 11 is 0. The van der Waals surface area contributed by atoms with Gasteiger partial charge in [-0.25, -0.2) is 0 Å². The van der Waals surface area contributed by atoms with Crippen molar-refractivity contribution in [3.05, 3.63) is 23.8 Å². The monoisotopic (exact) mass is 375 g/mol. The van der Waals surface area contributed by atoms with Crippen molar-refractivity contribution in [3.63, 3.8) is 0 Å². The fraction of sp³-hybridized carbons (Fsp3) is 0.600. The summed E-state index contributed by atoms with van der Waals surface area (Å²) in [5.74, 6) is 0.265. The van der Waals surface area contributed by atoms with Gasteiger partial charge >= 0.3 is 0 Å². The van der Waals surface area contributed by atoms with Crippen molar-refractivity contribution in [2.75, 3.05) is 37.7 Å². The van der Waals surface area contributed by atoms with Crippen LogP contribution in [0.15, 0.2) is 18.2 Å². The van der Waals surface area contributed by atoms with Gasteiger partial charge in [0.2, 0.25) is 5.91 Å². The molecule has 0 spiro atoms. The van der Waals surface area contributed by atoms with E-state index in [-0.39, 0.29) is 24.5 Å². The molecule has 1 unspecified atom stereocenters. The number of aliphatic hydroxyl groups is 1. The smallest absolute Gasteiger partial charge is 0.265 e. The van der Waals surface area contributed by atoms with Crippen LogP contribution in [0.25, 0.3) is 0 Å². The van der Waals surface area contributed by atoms with E-state index in [1.165, 1.54) is 4.90 Å². The molecule has 3 rings (SSSR count). The Morgan fingerprint density at radius 3 is 2.85 bits per heavy atom. The third kappa shape index (κ3) is 4.78. The van der Waals surface area contributed by atoms with Crippen molar-refractivity contribution < 1.29 is 19.4 Å². The van der Waals surface area contributed by atoms with E-state index in [4.69, 9.17) is 4.74 Å². The van der Waals surface area contributed by atoms with Crippen LogP contribution in [0.4, 0.5) is 5.69 Å². The normalized spacial score (nSPS) is 19.4. The molecule has 1 atom stereocenters. The molecule has 2 N–H and O–H groups in total. The van der Waals surface area contributed by atoms with Crippen molar-refractivity contribution in [2.24, 2.45) is 0 Å². The maximum absolute atomic E-state index is 12.6. The van der Waals surface area contributed by atoms with E-state index in [1.54, 1.807) is 6.92 Å².